The summed E-state index contributed by atoms with van der Waals surface area (Å²) < 4.78 is 58.0. The van der Waals surface area contributed by atoms with Gasteiger partial charge in [0.15, 0.2) is 0 Å². The van der Waals surface area contributed by atoms with Crippen LogP contribution in [0.3, 0.4) is 0 Å². The Kier molecular flexibility index (Phi) is 3.22. The van der Waals surface area contributed by atoms with Gasteiger partial charge in [-0.2, -0.15) is 22.0 Å². The van der Waals surface area contributed by atoms with Crippen molar-refractivity contribution in [3.63, 3.8) is 0 Å². The van der Waals surface area contributed by atoms with Crippen LogP contribution in [-0.2, 0) is 0 Å². The highest BCUT2D eigenvalue weighted by atomic mass is 19.4. The standard InChI is InChI=1S/C5H8F5N/c1-11-3-2-4(6,7)5(8,9)10/h11H,2-3H2,1H3. The highest BCUT2D eigenvalue weighted by Gasteiger charge is 2.56. The molecule has 0 bridgehead atoms. The van der Waals surface area contributed by atoms with Crippen molar-refractivity contribution >= 4 is 0 Å². The lowest BCUT2D eigenvalue weighted by atomic mass is 10.2. The topological polar surface area (TPSA) is 12.0 Å². The van der Waals surface area contributed by atoms with Crippen LogP contribution < -0.4 is 5.32 Å². The smallest absolute Gasteiger partial charge is 0.320 e. The van der Waals surface area contributed by atoms with E-state index in [0.717, 1.165) is 0 Å². The van der Waals surface area contributed by atoms with Gasteiger partial charge in [0.25, 0.3) is 0 Å². The molecule has 1 N–H and O–H groups in total. The minimum Gasteiger partial charge on any atom is -0.320 e. The Hall–Kier alpha value is -0.390. The van der Waals surface area contributed by atoms with Gasteiger partial charge < -0.3 is 5.32 Å². The van der Waals surface area contributed by atoms with E-state index in [9.17, 15) is 22.0 Å². The summed E-state index contributed by atoms with van der Waals surface area (Å²) in [4.78, 5) is 0. The third-order valence-electron chi connectivity index (χ3n) is 1.10. The molecule has 0 aromatic rings. The summed E-state index contributed by atoms with van der Waals surface area (Å²) in [5, 5.41) is 2.22. The van der Waals surface area contributed by atoms with Gasteiger partial charge in [0.1, 0.15) is 0 Å². The predicted molar refractivity (Wildman–Crippen MR) is 29.5 cm³/mol. The molecule has 1 nitrogen and oxygen atoms in total. The number of hydrogen-bond acceptors (Lipinski definition) is 1. The van der Waals surface area contributed by atoms with E-state index in [4.69, 9.17) is 0 Å². The molecule has 11 heavy (non-hydrogen) atoms. The normalized spacial score (nSPS) is 13.6. The molecule has 0 aliphatic heterocycles. The molecule has 0 spiro atoms. The monoisotopic (exact) mass is 177 g/mol. The number of hydrogen-bond donors (Lipinski definition) is 1. The van der Waals surface area contributed by atoms with Crippen LogP contribution in [-0.4, -0.2) is 25.7 Å². The summed E-state index contributed by atoms with van der Waals surface area (Å²) in [6.45, 7) is -0.355. The summed E-state index contributed by atoms with van der Waals surface area (Å²) in [6.07, 6.45) is -6.64. The second-order valence-electron chi connectivity index (χ2n) is 2.06. The van der Waals surface area contributed by atoms with Crippen molar-refractivity contribution in [3.8, 4) is 0 Å². The van der Waals surface area contributed by atoms with E-state index >= 15 is 0 Å². The van der Waals surface area contributed by atoms with E-state index < -0.39 is 18.5 Å². The van der Waals surface area contributed by atoms with Crippen molar-refractivity contribution in [2.24, 2.45) is 0 Å². The molecule has 0 aromatic heterocycles. The van der Waals surface area contributed by atoms with E-state index in [1.165, 1.54) is 7.05 Å². The molecule has 0 rings (SSSR count). The Morgan fingerprint density at radius 2 is 1.55 bits per heavy atom. The van der Waals surface area contributed by atoms with E-state index in [0.29, 0.717) is 0 Å². The van der Waals surface area contributed by atoms with Crippen LogP contribution in [0.1, 0.15) is 6.42 Å². The number of nitrogens with one attached hydrogen (secondary N) is 1. The van der Waals surface area contributed by atoms with Gasteiger partial charge >= 0.3 is 12.1 Å². The third-order valence-corrected chi connectivity index (χ3v) is 1.10. The Labute approximate surface area is 60.6 Å². The lowest BCUT2D eigenvalue weighted by Gasteiger charge is -2.18. The third kappa shape index (κ3) is 3.00. The maximum Gasteiger partial charge on any atom is 0.453 e. The van der Waals surface area contributed by atoms with Crippen molar-refractivity contribution in [1.82, 2.24) is 5.32 Å². The summed E-state index contributed by atoms with van der Waals surface area (Å²) >= 11 is 0. The lowest BCUT2D eigenvalue weighted by Crippen LogP contribution is -2.38. The molecular formula is C5H8F5N. The van der Waals surface area contributed by atoms with E-state index in [-0.39, 0.29) is 6.54 Å². The number of alkyl halides is 5. The van der Waals surface area contributed by atoms with Crippen molar-refractivity contribution in [2.75, 3.05) is 13.6 Å². The van der Waals surface area contributed by atoms with Crippen LogP contribution in [0.2, 0.25) is 0 Å². The SMILES string of the molecule is CNCCC(F)(F)C(F)(F)F. The molecule has 0 saturated heterocycles. The summed E-state index contributed by atoms with van der Waals surface area (Å²) in [7, 11) is 1.31. The molecule has 0 heterocycles. The van der Waals surface area contributed by atoms with E-state index in [1.54, 1.807) is 0 Å². The first-order valence-electron chi connectivity index (χ1n) is 2.90. The molecule has 0 unspecified atom stereocenters. The Morgan fingerprint density at radius 3 is 1.82 bits per heavy atom. The van der Waals surface area contributed by atoms with Gasteiger partial charge in [-0.25, -0.2) is 0 Å². The Morgan fingerprint density at radius 1 is 1.09 bits per heavy atom. The van der Waals surface area contributed by atoms with Crippen molar-refractivity contribution in [1.29, 1.82) is 0 Å². The molecule has 0 aromatic carbocycles. The molecule has 0 fully saturated rings. The van der Waals surface area contributed by atoms with Gasteiger partial charge in [0.2, 0.25) is 0 Å². The van der Waals surface area contributed by atoms with Crippen LogP contribution in [0.25, 0.3) is 0 Å². The molecule has 0 saturated carbocycles. The molecule has 0 aliphatic carbocycles. The average Bonchev–Trinajstić information content (AvgIpc) is 1.81. The molecular weight excluding hydrogens is 169 g/mol. The minimum absolute atomic E-state index is 0.355. The highest BCUT2D eigenvalue weighted by Crippen LogP contribution is 2.37. The van der Waals surface area contributed by atoms with Crippen molar-refractivity contribution < 1.29 is 22.0 Å². The largest absolute Gasteiger partial charge is 0.453 e. The summed E-state index contributed by atoms with van der Waals surface area (Å²) in [6, 6.07) is 0. The lowest BCUT2D eigenvalue weighted by molar-refractivity contribution is -0.283. The van der Waals surface area contributed by atoms with Crippen LogP contribution in [0.5, 0.6) is 0 Å². The van der Waals surface area contributed by atoms with Crippen LogP contribution in [0.15, 0.2) is 0 Å². The Balaban J connectivity index is 4.00. The zero-order valence-corrected chi connectivity index (χ0v) is 5.80. The second-order valence-corrected chi connectivity index (χ2v) is 2.06. The molecule has 0 radical (unpaired) electrons. The fraction of sp³-hybridized carbons (Fsp3) is 1.00. The van der Waals surface area contributed by atoms with E-state index in [2.05, 4.69) is 5.32 Å². The highest BCUT2D eigenvalue weighted by molar-refractivity contribution is 4.75. The molecule has 68 valence electrons. The van der Waals surface area contributed by atoms with Gasteiger partial charge in [0, 0.05) is 13.0 Å². The zero-order valence-electron chi connectivity index (χ0n) is 5.80. The van der Waals surface area contributed by atoms with Crippen LogP contribution in [0.4, 0.5) is 22.0 Å². The summed E-state index contributed by atoms with van der Waals surface area (Å²) in [5.41, 5.74) is 0. The molecule has 0 atom stereocenters. The van der Waals surface area contributed by atoms with Gasteiger partial charge in [0.05, 0.1) is 0 Å². The first-order chi connectivity index (χ1) is 4.81. The van der Waals surface area contributed by atoms with Crippen molar-refractivity contribution in [3.05, 3.63) is 0 Å². The molecule has 6 heteroatoms. The first kappa shape index (κ1) is 10.6. The first-order valence-corrected chi connectivity index (χ1v) is 2.90. The van der Waals surface area contributed by atoms with Gasteiger partial charge in [-0.1, -0.05) is 0 Å². The maximum atomic E-state index is 12.0. The van der Waals surface area contributed by atoms with Crippen LogP contribution >= 0.6 is 0 Å². The zero-order chi connectivity index (χ0) is 9.12. The molecule has 0 amide bonds. The predicted octanol–water partition coefficient (Wildman–Crippen LogP) is 1.79. The Bertz CT molecular complexity index is 119. The quantitative estimate of drug-likeness (QED) is 0.648. The maximum absolute atomic E-state index is 12.0. The van der Waals surface area contributed by atoms with E-state index in [1.807, 2.05) is 0 Å². The van der Waals surface area contributed by atoms with Crippen molar-refractivity contribution in [2.45, 2.75) is 18.5 Å². The van der Waals surface area contributed by atoms with Crippen LogP contribution in [0, 0.1) is 0 Å². The molecule has 0 aliphatic rings. The average molecular weight is 177 g/mol. The number of rotatable bonds is 3. The van der Waals surface area contributed by atoms with Gasteiger partial charge in [-0.05, 0) is 7.05 Å². The van der Waals surface area contributed by atoms with Gasteiger partial charge in [-0.15, -0.1) is 0 Å². The summed E-state index contributed by atoms with van der Waals surface area (Å²) in [5.74, 6) is -4.57. The second kappa shape index (κ2) is 3.34. The fourth-order valence-corrected chi connectivity index (χ4v) is 0.424. The minimum atomic E-state index is -5.43. The fourth-order valence-electron chi connectivity index (χ4n) is 0.424. The van der Waals surface area contributed by atoms with Gasteiger partial charge in [-0.3, -0.25) is 0 Å². The number of halogens is 5.